The molecule has 0 radical (unpaired) electrons. The third-order valence-electron chi connectivity index (χ3n) is 2.92. The molecule has 1 rings (SSSR count). The Bertz CT molecular complexity index is 477. The van der Waals surface area contributed by atoms with Crippen LogP contribution in [0, 0.1) is 11.8 Å². The molecule has 0 heterocycles. The Morgan fingerprint density at radius 1 is 1.26 bits per heavy atom. The number of benzene rings is 1. The van der Waals surface area contributed by atoms with Crippen molar-refractivity contribution >= 4 is 17.4 Å². The van der Waals surface area contributed by atoms with Gasteiger partial charge < -0.3 is 10.8 Å². The Hall–Kier alpha value is -2.10. The fraction of sp³-hybridized carbons (Fsp3) is 0.333. The summed E-state index contributed by atoms with van der Waals surface area (Å²) in [5.74, 6) is -1.28. The minimum atomic E-state index is -0.815. The van der Waals surface area contributed by atoms with Crippen LogP contribution in [0.15, 0.2) is 36.4 Å². The summed E-state index contributed by atoms with van der Waals surface area (Å²) in [4.78, 5) is 22.6. The lowest BCUT2D eigenvalue weighted by atomic mass is 9.96. The third-order valence-corrected chi connectivity index (χ3v) is 2.92. The Morgan fingerprint density at radius 3 is 2.37 bits per heavy atom. The molecule has 0 aliphatic rings. The Kier molecular flexibility index (Phi) is 5.30. The molecule has 0 aliphatic carbocycles. The molecule has 0 unspecified atom stereocenters. The van der Waals surface area contributed by atoms with Crippen LogP contribution in [0.5, 0.6) is 0 Å². The Morgan fingerprint density at radius 2 is 1.84 bits per heavy atom. The first-order chi connectivity index (χ1) is 8.90. The summed E-state index contributed by atoms with van der Waals surface area (Å²) in [7, 11) is 0. The van der Waals surface area contributed by atoms with Crippen molar-refractivity contribution < 1.29 is 14.7 Å². The number of allylic oxidation sites excluding steroid dienone is 2. The maximum absolute atomic E-state index is 11.8. The molecule has 4 nitrogen and oxygen atoms in total. The lowest BCUT2D eigenvalue weighted by Crippen LogP contribution is -2.12. The molecule has 0 spiro atoms. The first kappa shape index (κ1) is 15.0. The molecule has 0 aliphatic heterocycles. The predicted octanol–water partition coefficient (Wildman–Crippen LogP) is 2.75. The standard InChI is InChI=1S/C15H19NO3/c1-10(9-11(2)15(18)19)3-8-14(17)12-4-6-13(16)7-5-12/h3-8,10-11H,9,16H2,1-2H3,(H,18,19)/b8-3+/t10-,11-/m1/s1. The van der Waals surface area contributed by atoms with Crippen molar-refractivity contribution in [3.63, 3.8) is 0 Å². The lowest BCUT2D eigenvalue weighted by molar-refractivity contribution is -0.141. The highest BCUT2D eigenvalue weighted by atomic mass is 16.4. The molecule has 0 saturated carbocycles. The largest absolute Gasteiger partial charge is 0.481 e. The summed E-state index contributed by atoms with van der Waals surface area (Å²) in [5, 5.41) is 8.81. The van der Waals surface area contributed by atoms with Crippen LogP contribution in [0.3, 0.4) is 0 Å². The summed E-state index contributed by atoms with van der Waals surface area (Å²) in [5.41, 5.74) is 6.74. The number of rotatable bonds is 6. The van der Waals surface area contributed by atoms with E-state index < -0.39 is 11.9 Å². The zero-order valence-electron chi connectivity index (χ0n) is 11.2. The van der Waals surface area contributed by atoms with E-state index in [0.29, 0.717) is 17.7 Å². The van der Waals surface area contributed by atoms with E-state index in [-0.39, 0.29) is 11.7 Å². The van der Waals surface area contributed by atoms with Gasteiger partial charge in [0.2, 0.25) is 0 Å². The summed E-state index contributed by atoms with van der Waals surface area (Å²) < 4.78 is 0. The quantitative estimate of drug-likeness (QED) is 0.468. The maximum Gasteiger partial charge on any atom is 0.306 e. The monoisotopic (exact) mass is 261 g/mol. The molecule has 102 valence electrons. The molecular weight excluding hydrogens is 242 g/mol. The SMILES string of the molecule is C[C@H](/C=C/C(=O)c1ccc(N)cc1)C[C@@H](C)C(=O)O. The van der Waals surface area contributed by atoms with Gasteiger partial charge in [-0.15, -0.1) is 0 Å². The van der Waals surface area contributed by atoms with Gasteiger partial charge >= 0.3 is 5.97 Å². The Balaban J connectivity index is 2.58. The highest BCUT2D eigenvalue weighted by Crippen LogP contribution is 2.14. The van der Waals surface area contributed by atoms with E-state index in [4.69, 9.17) is 10.8 Å². The van der Waals surface area contributed by atoms with Crippen molar-refractivity contribution in [3.05, 3.63) is 42.0 Å². The minimum absolute atomic E-state index is 0.0452. The summed E-state index contributed by atoms with van der Waals surface area (Å²) in [6, 6.07) is 6.70. The topological polar surface area (TPSA) is 80.4 Å². The van der Waals surface area contributed by atoms with Gasteiger partial charge in [0.25, 0.3) is 0 Å². The second-order valence-electron chi connectivity index (χ2n) is 4.80. The van der Waals surface area contributed by atoms with Gasteiger partial charge in [0.05, 0.1) is 5.92 Å². The molecule has 4 heteroatoms. The van der Waals surface area contributed by atoms with E-state index in [0.717, 1.165) is 0 Å². The highest BCUT2D eigenvalue weighted by Gasteiger charge is 2.13. The van der Waals surface area contributed by atoms with Gasteiger partial charge in [-0.3, -0.25) is 9.59 Å². The number of carbonyl (C=O) groups excluding carboxylic acids is 1. The number of carbonyl (C=O) groups is 2. The molecule has 0 fully saturated rings. The van der Waals surface area contributed by atoms with E-state index in [1.54, 1.807) is 37.3 Å². The van der Waals surface area contributed by atoms with Gasteiger partial charge in [-0.2, -0.15) is 0 Å². The number of carboxylic acid groups (broad SMARTS) is 1. The maximum atomic E-state index is 11.8. The van der Waals surface area contributed by atoms with Crippen LogP contribution in [-0.2, 0) is 4.79 Å². The zero-order valence-corrected chi connectivity index (χ0v) is 11.2. The van der Waals surface area contributed by atoms with Crippen molar-refractivity contribution in [2.75, 3.05) is 5.73 Å². The second kappa shape index (κ2) is 6.73. The molecule has 0 aromatic heterocycles. The van der Waals surface area contributed by atoms with Crippen molar-refractivity contribution in [2.45, 2.75) is 20.3 Å². The smallest absolute Gasteiger partial charge is 0.306 e. The number of nitrogens with two attached hydrogens (primary N) is 1. The lowest BCUT2D eigenvalue weighted by Gasteiger charge is -2.09. The predicted molar refractivity (Wildman–Crippen MR) is 74.9 cm³/mol. The molecule has 19 heavy (non-hydrogen) atoms. The van der Waals surface area contributed by atoms with Crippen molar-refractivity contribution in [1.29, 1.82) is 0 Å². The summed E-state index contributed by atoms with van der Waals surface area (Å²) in [6.45, 7) is 3.56. The molecule has 3 N–H and O–H groups in total. The van der Waals surface area contributed by atoms with E-state index in [1.807, 2.05) is 6.92 Å². The number of anilines is 1. The summed E-state index contributed by atoms with van der Waals surface area (Å²) in [6.07, 6.45) is 3.75. The number of hydrogen-bond donors (Lipinski definition) is 2. The van der Waals surface area contributed by atoms with Gasteiger partial charge in [0, 0.05) is 11.3 Å². The van der Waals surface area contributed by atoms with E-state index in [9.17, 15) is 9.59 Å². The zero-order chi connectivity index (χ0) is 14.4. The van der Waals surface area contributed by atoms with Crippen molar-refractivity contribution in [3.8, 4) is 0 Å². The molecule has 0 amide bonds. The molecule has 0 bridgehead atoms. The molecule has 0 saturated heterocycles. The van der Waals surface area contributed by atoms with Crippen molar-refractivity contribution in [1.82, 2.24) is 0 Å². The molecule has 2 atom stereocenters. The number of aliphatic carboxylic acids is 1. The van der Waals surface area contributed by atoms with E-state index >= 15 is 0 Å². The molecule has 1 aromatic carbocycles. The van der Waals surface area contributed by atoms with E-state index in [2.05, 4.69) is 0 Å². The van der Waals surface area contributed by atoms with E-state index in [1.165, 1.54) is 6.08 Å². The van der Waals surface area contributed by atoms with Crippen LogP contribution in [0.1, 0.15) is 30.6 Å². The highest BCUT2D eigenvalue weighted by molar-refractivity contribution is 6.04. The average molecular weight is 261 g/mol. The fourth-order valence-corrected chi connectivity index (χ4v) is 1.73. The molecular formula is C15H19NO3. The van der Waals surface area contributed by atoms with Gasteiger partial charge in [-0.1, -0.05) is 19.9 Å². The molecule has 1 aromatic rings. The van der Waals surface area contributed by atoms with Crippen LogP contribution in [0.2, 0.25) is 0 Å². The number of ketones is 1. The van der Waals surface area contributed by atoms with Crippen LogP contribution in [-0.4, -0.2) is 16.9 Å². The fourth-order valence-electron chi connectivity index (χ4n) is 1.73. The van der Waals surface area contributed by atoms with Gasteiger partial charge in [-0.25, -0.2) is 0 Å². The normalized spacial score (nSPS) is 14.2. The first-order valence-electron chi connectivity index (χ1n) is 6.21. The summed E-state index contributed by atoms with van der Waals surface area (Å²) >= 11 is 0. The van der Waals surface area contributed by atoms with Crippen LogP contribution in [0.4, 0.5) is 5.69 Å². The first-order valence-corrected chi connectivity index (χ1v) is 6.21. The van der Waals surface area contributed by atoms with Crippen LogP contribution >= 0.6 is 0 Å². The van der Waals surface area contributed by atoms with Crippen molar-refractivity contribution in [2.24, 2.45) is 11.8 Å². The van der Waals surface area contributed by atoms with Crippen LogP contribution < -0.4 is 5.73 Å². The second-order valence-corrected chi connectivity index (χ2v) is 4.80. The van der Waals surface area contributed by atoms with Gasteiger partial charge in [0.1, 0.15) is 0 Å². The van der Waals surface area contributed by atoms with Gasteiger partial charge in [-0.05, 0) is 42.7 Å². The number of hydrogen-bond acceptors (Lipinski definition) is 3. The van der Waals surface area contributed by atoms with Crippen LogP contribution in [0.25, 0.3) is 0 Å². The average Bonchev–Trinajstić information content (AvgIpc) is 2.36. The number of nitrogen functional groups attached to an aromatic ring is 1. The van der Waals surface area contributed by atoms with Gasteiger partial charge in [0.15, 0.2) is 5.78 Å². The number of carboxylic acids is 1. The third kappa shape index (κ3) is 4.95. The minimum Gasteiger partial charge on any atom is -0.481 e. The Labute approximate surface area is 112 Å².